The minimum absolute atomic E-state index is 0.0357. The molecule has 2 atom stereocenters. The van der Waals surface area contributed by atoms with E-state index in [0.29, 0.717) is 28.7 Å². The predicted octanol–water partition coefficient (Wildman–Crippen LogP) is 4.69. The van der Waals surface area contributed by atoms with Crippen molar-refractivity contribution in [3.8, 4) is 0 Å². The lowest BCUT2D eigenvalue weighted by Gasteiger charge is -2.29. The standard InChI is InChI=1S/C20H19ClN2O2S/c1-12-9-16(12)19(24)22-15-4-2-3-13(10-15)20(25)23-7-8-26-18-6-5-14(21)11-17(18)23/h2-6,10-12,16H,7-9H2,1H3,(H,22,24). The van der Waals surface area contributed by atoms with Gasteiger partial charge in [-0.15, -0.1) is 11.8 Å². The number of nitrogens with one attached hydrogen (secondary N) is 1. The summed E-state index contributed by atoms with van der Waals surface area (Å²) in [4.78, 5) is 28.0. The van der Waals surface area contributed by atoms with Gasteiger partial charge in [-0.2, -0.15) is 0 Å². The fourth-order valence-corrected chi connectivity index (χ4v) is 4.35. The summed E-state index contributed by atoms with van der Waals surface area (Å²) in [6, 6.07) is 12.8. The zero-order valence-corrected chi connectivity index (χ0v) is 15.9. The highest BCUT2D eigenvalue weighted by molar-refractivity contribution is 7.99. The minimum Gasteiger partial charge on any atom is -0.326 e. The van der Waals surface area contributed by atoms with E-state index in [9.17, 15) is 9.59 Å². The third-order valence-corrected chi connectivity index (χ3v) is 6.13. The fourth-order valence-electron chi connectivity index (χ4n) is 3.21. The number of nitrogens with zero attached hydrogens (tertiary/aromatic N) is 1. The van der Waals surface area contributed by atoms with Gasteiger partial charge in [0.2, 0.25) is 5.91 Å². The van der Waals surface area contributed by atoms with Crippen LogP contribution in [-0.4, -0.2) is 24.1 Å². The molecule has 1 saturated carbocycles. The van der Waals surface area contributed by atoms with Crippen molar-refractivity contribution in [2.45, 2.75) is 18.2 Å². The maximum atomic E-state index is 13.1. The number of anilines is 2. The van der Waals surface area contributed by atoms with E-state index in [1.807, 2.05) is 24.3 Å². The monoisotopic (exact) mass is 386 g/mol. The molecule has 0 saturated heterocycles. The molecule has 2 aromatic rings. The number of halogens is 1. The molecule has 1 heterocycles. The average Bonchev–Trinajstić information content (AvgIpc) is 3.38. The molecule has 2 aromatic carbocycles. The van der Waals surface area contributed by atoms with Crippen LogP contribution in [0.25, 0.3) is 0 Å². The Kier molecular flexibility index (Phi) is 4.67. The lowest BCUT2D eigenvalue weighted by atomic mass is 10.1. The molecule has 1 fully saturated rings. The van der Waals surface area contributed by atoms with E-state index in [4.69, 9.17) is 11.6 Å². The Morgan fingerprint density at radius 2 is 2.04 bits per heavy atom. The van der Waals surface area contributed by atoms with Crippen LogP contribution < -0.4 is 10.2 Å². The number of fused-ring (bicyclic) bond motifs is 1. The average molecular weight is 387 g/mol. The third kappa shape index (κ3) is 3.46. The molecule has 0 radical (unpaired) electrons. The molecule has 1 N–H and O–H groups in total. The van der Waals surface area contributed by atoms with Gasteiger partial charge in [-0.3, -0.25) is 9.59 Å². The normalized spacial score (nSPS) is 21.1. The van der Waals surface area contributed by atoms with Crippen LogP contribution in [0.3, 0.4) is 0 Å². The molecule has 1 aliphatic heterocycles. The van der Waals surface area contributed by atoms with E-state index >= 15 is 0 Å². The number of rotatable bonds is 3. The first-order valence-corrected chi connectivity index (χ1v) is 10.0. The number of hydrogen-bond acceptors (Lipinski definition) is 3. The Balaban J connectivity index is 1.57. The molecular weight excluding hydrogens is 368 g/mol. The van der Waals surface area contributed by atoms with Gasteiger partial charge in [0, 0.05) is 39.4 Å². The van der Waals surface area contributed by atoms with Gasteiger partial charge in [-0.1, -0.05) is 24.6 Å². The first-order chi connectivity index (χ1) is 12.5. The Labute approximate surface area is 161 Å². The number of amides is 2. The van der Waals surface area contributed by atoms with Crippen molar-refractivity contribution in [2.75, 3.05) is 22.5 Å². The summed E-state index contributed by atoms with van der Waals surface area (Å²) in [5.74, 6) is 1.35. The van der Waals surface area contributed by atoms with E-state index in [1.54, 1.807) is 34.9 Å². The summed E-state index contributed by atoms with van der Waals surface area (Å²) in [6.45, 7) is 2.70. The molecule has 2 amide bonds. The summed E-state index contributed by atoms with van der Waals surface area (Å²) in [7, 11) is 0. The summed E-state index contributed by atoms with van der Waals surface area (Å²) < 4.78 is 0. The third-order valence-electron chi connectivity index (χ3n) is 4.85. The zero-order valence-electron chi connectivity index (χ0n) is 14.4. The van der Waals surface area contributed by atoms with Crippen LogP contribution in [-0.2, 0) is 4.79 Å². The topological polar surface area (TPSA) is 49.4 Å². The lowest BCUT2D eigenvalue weighted by Crippen LogP contribution is -2.35. The Hall–Kier alpha value is -1.98. The van der Waals surface area contributed by atoms with Crippen molar-refractivity contribution < 1.29 is 9.59 Å². The Bertz CT molecular complexity index is 886. The van der Waals surface area contributed by atoms with Crippen LogP contribution in [0.2, 0.25) is 5.02 Å². The molecule has 0 aromatic heterocycles. The molecule has 6 heteroatoms. The second-order valence-corrected chi connectivity index (χ2v) is 8.38. The fraction of sp³-hybridized carbons (Fsp3) is 0.300. The summed E-state index contributed by atoms with van der Waals surface area (Å²) in [5, 5.41) is 3.54. The van der Waals surface area contributed by atoms with Gasteiger partial charge in [-0.25, -0.2) is 0 Å². The van der Waals surface area contributed by atoms with Crippen LogP contribution in [0.5, 0.6) is 0 Å². The van der Waals surface area contributed by atoms with Crippen LogP contribution in [0.15, 0.2) is 47.4 Å². The van der Waals surface area contributed by atoms with Crippen LogP contribution in [0, 0.1) is 11.8 Å². The maximum Gasteiger partial charge on any atom is 0.258 e. The van der Waals surface area contributed by atoms with Crippen molar-refractivity contribution >= 4 is 46.6 Å². The number of carbonyl (C=O) groups excluding carboxylic acids is 2. The largest absolute Gasteiger partial charge is 0.326 e. The number of hydrogen-bond donors (Lipinski definition) is 1. The molecule has 4 nitrogen and oxygen atoms in total. The molecular formula is C20H19ClN2O2S. The highest BCUT2D eigenvalue weighted by Crippen LogP contribution is 2.39. The van der Waals surface area contributed by atoms with Gasteiger partial charge in [0.1, 0.15) is 0 Å². The van der Waals surface area contributed by atoms with Crippen molar-refractivity contribution in [3.63, 3.8) is 0 Å². The minimum atomic E-state index is -0.0790. The highest BCUT2D eigenvalue weighted by atomic mass is 35.5. The Morgan fingerprint density at radius 3 is 2.81 bits per heavy atom. The van der Waals surface area contributed by atoms with Gasteiger partial charge in [-0.05, 0) is 48.7 Å². The van der Waals surface area contributed by atoms with Crippen molar-refractivity contribution in [1.82, 2.24) is 0 Å². The number of thioether (sulfide) groups is 1. The highest BCUT2D eigenvalue weighted by Gasteiger charge is 2.39. The van der Waals surface area contributed by atoms with E-state index in [2.05, 4.69) is 12.2 Å². The molecule has 26 heavy (non-hydrogen) atoms. The summed E-state index contributed by atoms with van der Waals surface area (Å²) >= 11 is 7.85. The molecule has 4 rings (SSSR count). The van der Waals surface area contributed by atoms with E-state index in [0.717, 1.165) is 22.8 Å². The molecule has 134 valence electrons. The first-order valence-electron chi connectivity index (χ1n) is 8.68. The molecule has 0 bridgehead atoms. The van der Waals surface area contributed by atoms with Crippen LogP contribution in [0.1, 0.15) is 23.7 Å². The van der Waals surface area contributed by atoms with Crippen molar-refractivity contribution in [1.29, 1.82) is 0 Å². The first kappa shape index (κ1) is 17.4. The second-order valence-electron chi connectivity index (χ2n) is 6.81. The van der Waals surface area contributed by atoms with Gasteiger partial charge >= 0.3 is 0 Å². The van der Waals surface area contributed by atoms with E-state index in [1.165, 1.54) is 0 Å². The smallest absolute Gasteiger partial charge is 0.258 e. The van der Waals surface area contributed by atoms with Gasteiger partial charge < -0.3 is 10.2 Å². The molecule has 0 spiro atoms. The summed E-state index contributed by atoms with van der Waals surface area (Å²) in [6.07, 6.45) is 0.938. The van der Waals surface area contributed by atoms with Gasteiger partial charge in [0.25, 0.3) is 5.91 Å². The second kappa shape index (κ2) is 6.97. The lowest BCUT2D eigenvalue weighted by molar-refractivity contribution is -0.117. The quantitative estimate of drug-likeness (QED) is 0.832. The Morgan fingerprint density at radius 1 is 1.23 bits per heavy atom. The van der Waals surface area contributed by atoms with Crippen LogP contribution in [0.4, 0.5) is 11.4 Å². The van der Waals surface area contributed by atoms with E-state index in [-0.39, 0.29) is 17.7 Å². The van der Waals surface area contributed by atoms with E-state index < -0.39 is 0 Å². The predicted molar refractivity (Wildman–Crippen MR) is 106 cm³/mol. The number of benzene rings is 2. The van der Waals surface area contributed by atoms with Gasteiger partial charge in [0.15, 0.2) is 0 Å². The molecule has 2 aliphatic rings. The SMILES string of the molecule is CC1CC1C(=O)Nc1cccc(C(=O)N2CCSc3ccc(Cl)cc32)c1. The zero-order chi connectivity index (χ0) is 18.3. The van der Waals surface area contributed by atoms with Crippen molar-refractivity contribution in [2.24, 2.45) is 11.8 Å². The molecule has 1 aliphatic carbocycles. The number of carbonyl (C=O) groups is 2. The van der Waals surface area contributed by atoms with Crippen LogP contribution >= 0.6 is 23.4 Å². The van der Waals surface area contributed by atoms with Gasteiger partial charge in [0.05, 0.1) is 5.69 Å². The molecule has 2 unspecified atom stereocenters. The summed E-state index contributed by atoms with van der Waals surface area (Å²) in [5.41, 5.74) is 2.07. The maximum absolute atomic E-state index is 13.1. The van der Waals surface area contributed by atoms with Crippen molar-refractivity contribution in [3.05, 3.63) is 53.1 Å².